The van der Waals surface area contributed by atoms with Crippen molar-refractivity contribution in [3.8, 4) is 0 Å². The highest BCUT2D eigenvalue weighted by atomic mass is 16.6. The fourth-order valence-electron chi connectivity index (χ4n) is 2.92. The third kappa shape index (κ3) is 5.60. The van der Waals surface area contributed by atoms with E-state index in [1.165, 1.54) is 13.0 Å². The molecular weight excluding hydrogens is 306 g/mol. The van der Waals surface area contributed by atoms with Gasteiger partial charge in [-0.15, -0.1) is 0 Å². The molecule has 0 aliphatic heterocycles. The molecule has 1 rings (SSSR count). The molecule has 0 saturated heterocycles. The topological polar surface area (TPSA) is 75.5 Å². The van der Waals surface area contributed by atoms with Gasteiger partial charge in [-0.3, -0.25) is 19.8 Å². The van der Waals surface area contributed by atoms with Crippen LogP contribution in [0, 0.1) is 16.0 Å². The van der Waals surface area contributed by atoms with Crippen LogP contribution in [0.3, 0.4) is 0 Å². The standard InChI is InChI=1S/C18H29N3O3/c1-6-20(7-2)16(10-13(3)4)12-19-17-9-8-15(14(5)22)11-18(17)21(23)24/h8-9,11,13,16,19H,6-7,10,12H2,1-5H3. The number of Topliss-reactive ketones (excluding diaryl/α,β-unsaturated/α-hetero) is 1. The normalized spacial score (nSPS) is 12.5. The molecule has 0 spiro atoms. The molecule has 6 nitrogen and oxygen atoms in total. The van der Waals surface area contributed by atoms with Crippen molar-refractivity contribution in [3.05, 3.63) is 33.9 Å². The Hall–Kier alpha value is -1.95. The zero-order valence-corrected chi connectivity index (χ0v) is 15.3. The number of carbonyl (C=O) groups excluding carboxylic acids is 1. The lowest BCUT2D eigenvalue weighted by atomic mass is 10.0. The van der Waals surface area contributed by atoms with Gasteiger partial charge in [0.25, 0.3) is 5.69 Å². The lowest BCUT2D eigenvalue weighted by molar-refractivity contribution is -0.384. The number of hydrogen-bond donors (Lipinski definition) is 1. The summed E-state index contributed by atoms with van der Waals surface area (Å²) in [6.45, 7) is 12.6. The van der Waals surface area contributed by atoms with Crippen LogP contribution >= 0.6 is 0 Å². The van der Waals surface area contributed by atoms with E-state index in [-0.39, 0.29) is 11.5 Å². The molecule has 1 aromatic carbocycles. The zero-order valence-electron chi connectivity index (χ0n) is 15.3. The van der Waals surface area contributed by atoms with Gasteiger partial charge in [0.15, 0.2) is 5.78 Å². The SMILES string of the molecule is CCN(CC)C(CNc1ccc(C(C)=O)cc1[N+](=O)[O-])CC(C)C. The first kappa shape index (κ1) is 20.1. The number of nitro benzene ring substituents is 1. The minimum atomic E-state index is -0.441. The molecule has 1 unspecified atom stereocenters. The average molecular weight is 335 g/mol. The maximum absolute atomic E-state index is 11.4. The van der Waals surface area contributed by atoms with Crippen LogP contribution in [0.15, 0.2) is 18.2 Å². The van der Waals surface area contributed by atoms with Crippen LogP contribution in [0.2, 0.25) is 0 Å². The molecule has 24 heavy (non-hydrogen) atoms. The second kappa shape index (κ2) is 9.37. The minimum absolute atomic E-state index is 0.0504. The first-order valence-electron chi connectivity index (χ1n) is 8.57. The van der Waals surface area contributed by atoms with Crippen LogP contribution in [0.25, 0.3) is 0 Å². The summed E-state index contributed by atoms with van der Waals surface area (Å²) < 4.78 is 0. The van der Waals surface area contributed by atoms with E-state index in [4.69, 9.17) is 0 Å². The largest absolute Gasteiger partial charge is 0.378 e. The van der Waals surface area contributed by atoms with E-state index in [1.807, 2.05) is 0 Å². The molecule has 0 amide bonds. The predicted octanol–water partition coefficient (Wildman–Crippen LogP) is 3.97. The van der Waals surface area contributed by atoms with E-state index in [1.54, 1.807) is 12.1 Å². The van der Waals surface area contributed by atoms with Gasteiger partial charge in [0.2, 0.25) is 0 Å². The van der Waals surface area contributed by atoms with E-state index in [9.17, 15) is 14.9 Å². The Balaban J connectivity index is 2.97. The zero-order chi connectivity index (χ0) is 18.3. The lowest BCUT2D eigenvalue weighted by Crippen LogP contribution is -2.40. The van der Waals surface area contributed by atoms with Crippen molar-refractivity contribution in [2.24, 2.45) is 5.92 Å². The summed E-state index contributed by atoms with van der Waals surface area (Å²) in [7, 11) is 0. The van der Waals surface area contributed by atoms with Gasteiger partial charge in [0.05, 0.1) is 4.92 Å². The van der Waals surface area contributed by atoms with Crippen molar-refractivity contribution in [1.82, 2.24) is 4.90 Å². The number of anilines is 1. The molecule has 1 N–H and O–H groups in total. The number of nitrogens with zero attached hydrogens (tertiary/aromatic N) is 2. The van der Waals surface area contributed by atoms with Crippen molar-refractivity contribution in [2.45, 2.75) is 47.1 Å². The third-order valence-corrected chi connectivity index (χ3v) is 4.20. The van der Waals surface area contributed by atoms with Crippen molar-refractivity contribution in [1.29, 1.82) is 0 Å². The van der Waals surface area contributed by atoms with Crippen LogP contribution < -0.4 is 5.32 Å². The Morgan fingerprint density at radius 1 is 1.29 bits per heavy atom. The fourth-order valence-corrected chi connectivity index (χ4v) is 2.92. The maximum Gasteiger partial charge on any atom is 0.293 e. The molecule has 0 bridgehead atoms. The van der Waals surface area contributed by atoms with E-state index >= 15 is 0 Å². The summed E-state index contributed by atoms with van der Waals surface area (Å²) in [6.07, 6.45) is 1.02. The summed E-state index contributed by atoms with van der Waals surface area (Å²) in [4.78, 5) is 24.7. The number of nitro groups is 1. The molecular formula is C18H29N3O3. The van der Waals surface area contributed by atoms with Gasteiger partial charge < -0.3 is 5.32 Å². The molecule has 134 valence electrons. The van der Waals surface area contributed by atoms with E-state index in [0.29, 0.717) is 29.8 Å². The predicted molar refractivity (Wildman–Crippen MR) is 97.8 cm³/mol. The molecule has 1 aromatic rings. The number of rotatable bonds is 10. The number of benzene rings is 1. The Morgan fingerprint density at radius 3 is 2.38 bits per heavy atom. The van der Waals surface area contributed by atoms with Crippen molar-refractivity contribution in [3.63, 3.8) is 0 Å². The first-order chi connectivity index (χ1) is 11.3. The molecule has 0 saturated carbocycles. The number of likely N-dealkylation sites (N-methyl/N-ethyl adjacent to an activating group) is 1. The Morgan fingerprint density at radius 2 is 1.92 bits per heavy atom. The number of hydrogen-bond acceptors (Lipinski definition) is 5. The second-order valence-corrected chi connectivity index (χ2v) is 6.43. The molecule has 0 aliphatic carbocycles. The van der Waals surface area contributed by atoms with E-state index in [2.05, 4.69) is 37.9 Å². The number of nitrogens with one attached hydrogen (secondary N) is 1. The van der Waals surface area contributed by atoms with Gasteiger partial charge >= 0.3 is 0 Å². The summed E-state index contributed by atoms with van der Waals surface area (Å²) >= 11 is 0. The maximum atomic E-state index is 11.4. The number of carbonyl (C=O) groups is 1. The third-order valence-electron chi connectivity index (χ3n) is 4.20. The van der Waals surface area contributed by atoms with Gasteiger partial charge in [-0.05, 0) is 44.5 Å². The first-order valence-corrected chi connectivity index (χ1v) is 8.57. The monoisotopic (exact) mass is 335 g/mol. The smallest absolute Gasteiger partial charge is 0.293 e. The summed E-state index contributed by atoms with van der Waals surface area (Å²) in [5.41, 5.74) is 0.770. The molecule has 0 heterocycles. The quantitative estimate of drug-likeness (QED) is 0.398. The van der Waals surface area contributed by atoms with Gasteiger partial charge in [-0.2, -0.15) is 0 Å². The van der Waals surface area contributed by atoms with Gasteiger partial charge in [-0.1, -0.05) is 27.7 Å². The molecule has 0 radical (unpaired) electrons. The average Bonchev–Trinajstić information content (AvgIpc) is 2.52. The van der Waals surface area contributed by atoms with Gasteiger partial charge in [0, 0.05) is 24.2 Å². The molecule has 0 aromatic heterocycles. The van der Waals surface area contributed by atoms with E-state index in [0.717, 1.165) is 19.5 Å². The van der Waals surface area contributed by atoms with Crippen LogP contribution in [-0.4, -0.2) is 41.3 Å². The summed E-state index contributed by atoms with van der Waals surface area (Å²) in [6, 6.07) is 4.92. The molecule has 0 fully saturated rings. The van der Waals surface area contributed by atoms with Crippen molar-refractivity contribution >= 4 is 17.2 Å². The van der Waals surface area contributed by atoms with Crippen LogP contribution in [-0.2, 0) is 0 Å². The Kier molecular flexibility index (Phi) is 7.85. The molecule has 0 aliphatic rings. The van der Waals surface area contributed by atoms with Crippen LogP contribution in [0.4, 0.5) is 11.4 Å². The van der Waals surface area contributed by atoms with Crippen molar-refractivity contribution in [2.75, 3.05) is 25.0 Å². The van der Waals surface area contributed by atoms with Crippen LogP contribution in [0.1, 0.15) is 51.4 Å². The van der Waals surface area contributed by atoms with Crippen molar-refractivity contribution < 1.29 is 9.72 Å². The van der Waals surface area contributed by atoms with Crippen LogP contribution in [0.5, 0.6) is 0 Å². The second-order valence-electron chi connectivity index (χ2n) is 6.43. The van der Waals surface area contributed by atoms with E-state index < -0.39 is 4.92 Å². The highest BCUT2D eigenvalue weighted by Gasteiger charge is 2.20. The van der Waals surface area contributed by atoms with Gasteiger partial charge in [0.1, 0.15) is 5.69 Å². The lowest BCUT2D eigenvalue weighted by Gasteiger charge is -2.31. The highest BCUT2D eigenvalue weighted by Crippen LogP contribution is 2.26. The number of ketones is 1. The molecule has 6 heteroatoms. The highest BCUT2D eigenvalue weighted by molar-refractivity contribution is 5.95. The molecule has 1 atom stereocenters. The Labute approximate surface area is 144 Å². The Bertz CT molecular complexity index is 569. The fraction of sp³-hybridized carbons (Fsp3) is 0.611. The summed E-state index contributed by atoms with van der Waals surface area (Å²) in [5.74, 6) is 0.373. The summed E-state index contributed by atoms with van der Waals surface area (Å²) in [5, 5.41) is 14.5. The van der Waals surface area contributed by atoms with Gasteiger partial charge in [-0.25, -0.2) is 0 Å². The minimum Gasteiger partial charge on any atom is -0.378 e.